The maximum Gasteiger partial charge on any atom is -0.171 e. The van der Waals surface area contributed by atoms with Crippen LogP contribution in [0.3, 0.4) is 0 Å². The molecule has 0 aromatic heterocycles. The largest absolute Gasteiger partial charge is 0.184 e. The van der Waals surface area contributed by atoms with Crippen molar-refractivity contribution in [2.75, 3.05) is 0 Å². The zero-order valence-corrected chi connectivity index (χ0v) is 19.7. The van der Waals surface area contributed by atoms with Gasteiger partial charge in [0.25, 0.3) is 0 Å². The second kappa shape index (κ2) is 31.3. The van der Waals surface area contributed by atoms with Crippen molar-refractivity contribution < 1.29 is 39.1 Å². The Hall–Kier alpha value is -0.367. The quantitative estimate of drug-likeness (QED) is 0.280. The van der Waals surface area contributed by atoms with Gasteiger partial charge in [-0.3, -0.25) is 18.2 Å². The maximum absolute atomic E-state index is 7.94. The van der Waals surface area contributed by atoms with E-state index in [0.29, 0.717) is 10.0 Å². The predicted molar refractivity (Wildman–Crippen MR) is 109 cm³/mol. The number of rotatable bonds is 7. The van der Waals surface area contributed by atoms with E-state index in [2.05, 4.69) is 63.4 Å². The fourth-order valence-electron chi connectivity index (χ4n) is 1.85. The summed E-state index contributed by atoms with van der Waals surface area (Å²) in [5.41, 5.74) is 0. The summed E-state index contributed by atoms with van der Waals surface area (Å²) in [5.74, 6) is 0. The van der Waals surface area contributed by atoms with E-state index in [1.807, 2.05) is 30.3 Å². The summed E-state index contributed by atoms with van der Waals surface area (Å²) in [7, 11) is 0. The molecule has 164 valence electrons. The Morgan fingerprint density at radius 3 is 1.54 bits per heavy atom. The summed E-state index contributed by atoms with van der Waals surface area (Å²) in [5, 5.41) is 0.995. The van der Waals surface area contributed by atoms with Crippen LogP contribution >= 0.6 is 23.2 Å². The van der Waals surface area contributed by atoms with Gasteiger partial charge in [-0.2, -0.15) is 76.1 Å². The number of unbranched alkanes of at least 4 members (excludes halogenated alkanes) is 7. The molecule has 0 atom stereocenters. The molecule has 0 fully saturated rings. The predicted octanol–water partition coefficient (Wildman–Crippen LogP) is 7.80. The summed E-state index contributed by atoms with van der Waals surface area (Å²) in [4.78, 5) is 0. The Morgan fingerprint density at radius 1 is 0.786 bits per heavy atom. The summed E-state index contributed by atoms with van der Waals surface area (Å²) >= 11 is 15.6. The molecule has 6 heteroatoms. The second-order valence-corrected chi connectivity index (χ2v) is 6.14. The van der Waals surface area contributed by atoms with Crippen LogP contribution in [-0.2, 0) is 39.1 Å². The first-order valence-electron chi connectivity index (χ1n) is 8.92. The van der Waals surface area contributed by atoms with Gasteiger partial charge in [-0.05, 0) is 0 Å². The van der Waals surface area contributed by atoms with Crippen molar-refractivity contribution in [1.29, 1.82) is 0 Å². The van der Waals surface area contributed by atoms with Gasteiger partial charge in [0.2, 0.25) is 0 Å². The molecule has 0 saturated carbocycles. The second-order valence-electron chi connectivity index (χ2n) is 5.33. The molecule has 0 amide bonds. The van der Waals surface area contributed by atoms with Crippen molar-refractivity contribution in [3.63, 3.8) is 0 Å². The third-order valence-corrected chi connectivity index (χ3v) is 3.53. The molecule has 2 nitrogen and oxygen atoms in total. The minimum atomic E-state index is 0.498. The maximum atomic E-state index is 7.94. The third kappa shape index (κ3) is 30.4. The van der Waals surface area contributed by atoms with Gasteiger partial charge in [0.1, 0.15) is 0 Å². The third-order valence-electron chi connectivity index (χ3n) is 3.12. The summed E-state index contributed by atoms with van der Waals surface area (Å²) in [6.07, 6.45) is 10.9. The van der Waals surface area contributed by atoms with Crippen molar-refractivity contribution in [1.82, 2.24) is 0 Å². The first kappa shape index (κ1) is 32.3. The Bertz CT molecular complexity index is 463. The van der Waals surface area contributed by atoms with Crippen molar-refractivity contribution in [3.8, 4) is 0 Å². The van der Waals surface area contributed by atoms with Gasteiger partial charge in [0.05, 0.1) is 0 Å². The molecule has 0 spiro atoms. The van der Waals surface area contributed by atoms with E-state index < -0.39 is 0 Å². The number of hydrogen-bond donors (Lipinski definition) is 0. The molecule has 0 unspecified atom stereocenters. The molecule has 2 aromatic rings. The normalized spacial score (nSPS) is 8.36. The van der Waals surface area contributed by atoms with E-state index in [1.54, 1.807) is 12.1 Å². The van der Waals surface area contributed by atoms with E-state index in [0.717, 1.165) is 6.42 Å². The molecule has 2 rings (SSSR count). The smallest absolute Gasteiger partial charge is 0.171 e. The van der Waals surface area contributed by atoms with Crippen molar-refractivity contribution in [3.05, 3.63) is 77.6 Å². The van der Waals surface area contributed by atoms with E-state index >= 15 is 0 Å². The Balaban J connectivity index is -0.000000312. The molecule has 0 aliphatic heterocycles. The van der Waals surface area contributed by atoms with Gasteiger partial charge in [0, 0.05) is 0 Å². The average molecular weight is 513 g/mol. The van der Waals surface area contributed by atoms with Crippen molar-refractivity contribution in [2.24, 2.45) is 0 Å². The summed E-state index contributed by atoms with van der Waals surface area (Å²) in [6, 6.07) is 21.1. The van der Waals surface area contributed by atoms with E-state index in [9.17, 15) is 0 Å². The topological polar surface area (TPSA) is 34.1 Å². The zero-order chi connectivity index (χ0) is 21.9. The van der Waals surface area contributed by atoms with Crippen LogP contribution in [0.15, 0.2) is 42.5 Å². The van der Waals surface area contributed by atoms with Crippen LogP contribution < -0.4 is 0 Å². The SMILES string of the molecule is Clc1[c-]c(Cl)c[c-]c1.[CH2-]CCCCCCCCC.[O]=[Co].[O]=[Co].[c-]1ccccc1. The average Bonchev–Trinajstić information content (AvgIpc) is 2.76. The van der Waals surface area contributed by atoms with Crippen LogP contribution in [0.1, 0.15) is 58.3 Å². The van der Waals surface area contributed by atoms with Crippen LogP contribution in [0.4, 0.5) is 0 Å². The molecule has 0 aliphatic carbocycles. The van der Waals surface area contributed by atoms with Crippen LogP contribution in [0, 0.1) is 25.1 Å². The summed E-state index contributed by atoms with van der Waals surface area (Å²) in [6.45, 7) is 6.08. The number of benzene rings is 2. The van der Waals surface area contributed by atoms with Crippen LogP contribution in [0.25, 0.3) is 0 Å². The van der Waals surface area contributed by atoms with E-state index in [-0.39, 0.29) is 0 Å². The number of hydrogen-bond acceptors (Lipinski definition) is 2. The molecular formula is C22H28Cl2Co2O2-4. The van der Waals surface area contributed by atoms with Gasteiger partial charge in [-0.15, -0.1) is 0 Å². The number of halogens is 2. The zero-order valence-electron chi connectivity index (χ0n) is 16.1. The fourth-order valence-corrected chi connectivity index (χ4v) is 2.23. The fraction of sp³-hybridized carbons (Fsp3) is 0.409. The van der Waals surface area contributed by atoms with E-state index in [1.165, 1.54) is 44.9 Å². The molecular weight excluding hydrogens is 485 g/mol. The molecule has 0 N–H and O–H groups in total. The molecule has 2 aromatic carbocycles. The summed E-state index contributed by atoms with van der Waals surface area (Å²) < 4.78 is 15.9. The van der Waals surface area contributed by atoms with Crippen LogP contribution in [0.5, 0.6) is 0 Å². The molecule has 0 radical (unpaired) electrons. The van der Waals surface area contributed by atoms with Crippen LogP contribution in [-0.4, -0.2) is 0 Å². The van der Waals surface area contributed by atoms with Crippen molar-refractivity contribution >= 4 is 23.2 Å². The molecule has 0 heterocycles. The molecule has 0 saturated heterocycles. The molecule has 28 heavy (non-hydrogen) atoms. The standard InChI is InChI=1S/C10H21.C6H2Cl2.C6H5.2Co.2O/c1-3-5-7-9-10-8-6-4-2;7-5-2-1-3-6(8)4-5;1-2-4-6-5-3-1;;;;/h1,3-10H2,2H3;2-3H;1-5H;;;;/q-1;-2;-1;;;;. The van der Waals surface area contributed by atoms with Crippen LogP contribution in [0.2, 0.25) is 10.0 Å². The monoisotopic (exact) mass is 512 g/mol. The van der Waals surface area contributed by atoms with Gasteiger partial charge in [-0.25, -0.2) is 0 Å². The van der Waals surface area contributed by atoms with Crippen molar-refractivity contribution in [2.45, 2.75) is 58.3 Å². The van der Waals surface area contributed by atoms with Gasteiger partial charge in [0.15, 0.2) is 0 Å². The van der Waals surface area contributed by atoms with Gasteiger partial charge >= 0.3 is 39.1 Å². The Labute approximate surface area is 197 Å². The van der Waals surface area contributed by atoms with E-state index in [4.69, 9.17) is 30.9 Å². The van der Waals surface area contributed by atoms with Gasteiger partial charge < -0.3 is 13.0 Å². The van der Waals surface area contributed by atoms with Gasteiger partial charge in [-0.1, -0.05) is 51.9 Å². The molecule has 0 bridgehead atoms. The molecule has 0 aliphatic rings. The first-order chi connectivity index (χ1) is 13.7. The minimum Gasteiger partial charge on any atom is -0.184 e. The Morgan fingerprint density at radius 2 is 1.25 bits per heavy atom. The minimum absolute atomic E-state index is 0.498. The Kier molecular flexibility index (Phi) is 36.1. The first-order valence-corrected chi connectivity index (χ1v) is 10.5.